The van der Waals surface area contributed by atoms with Crippen LogP contribution in [0.15, 0.2) is 28.7 Å². The van der Waals surface area contributed by atoms with E-state index in [2.05, 4.69) is 11.8 Å². The maximum atomic E-state index is 13.1. The zero-order chi connectivity index (χ0) is 18.8. The van der Waals surface area contributed by atoms with Gasteiger partial charge in [0.25, 0.3) is 11.5 Å². The summed E-state index contributed by atoms with van der Waals surface area (Å²) in [5, 5.41) is 9.18. The Kier molecular flexibility index (Phi) is 4.76. The average Bonchev–Trinajstić information content (AvgIpc) is 2.62. The number of pyridine rings is 1. The van der Waals surface area contributed by atoms with Crippen molar-refractivity contribution in [1.29, 1.82) is 5.26 Å². The topological polar surface area (TPSA) is 104 Å². The zero-order valence-corrected chi connectivity index (χ0v) is 14.9. The molecule has 1 amide bonds. The molecule has 2 N–H and O–H groups in total. The molecule has 0 radical (unpaired) electrons. The molecule has 0 bridgehead atoms. The van der Waals surface area contributed by atoms with Crippen molar-refractivity contribution in [1.82, 2.24) is 9.38 Å². The minimum Gasteiger partial charge on any atom is -0.365 e. The number of carbonyl (C=O) groups is 1. The van der Waals surface area contributed by atoms with Crippen LogP contribution in [0.5, 0.6) is 0 Å². The second-order valence-electron chi connectivity index (χ2n) is 6.74. The highest BCUT2D eigenvalue weighted by Crippen LogP contribution is 2.25. The minimum absolute atomic E-state index is 0.220. The summed E-state index contributed by atoms with van der Waals surface area (Å²) in [7, 11) is 0. The highest BCUT2D eigenvalue weighted by atomic mass is 16.1. The molecule has 3 heterocycles. The van der Waals surface area contributed by atoms with E-state index in [9.17, 15) is 14.9 Å². The van der Waals surface area contributed by atoms with Crippen LogP contribution in [0.2, 0.25) is 0 Å². The SMILES string of the molecule is Cc1cccn2c(=O)c(C=C(C#N)C(N)=O)c(N3CCC(C)CC3)nc12. The van der Waals surface area contributed by atoms with Gasteiger partial charge in [0.2, 0.25) is 0 Å². The van der Waals surface area contributed by atoms with Gasteiger partial charge in [-0.3, -0.25) is 14.0 Å². The van der Waals surface area contributed by atoms with Gasteiger partial charge in [-0.2, -0.15) is 5.26 Å². The molecule has 3 rings (SSSR count). The first-order valence-electron chi connectivity index (χ1n) is 8.61. The van der Waals surface area contributed by atoms with E-state index in [4.69, 9.17) is 10.7 Å². The van der Waals surface area contributed by atoms with Crippen LogP contribution in [0.4, 0.5) is 5.82 Å². The van der Waals surface area contributed by atoms with Crippen LogP contribution in [-0.2, 0) is 4.79 Å². The first-order valence-corrected chi connectivity index (χ1v) is 8.61. The molecule has 134 valence electrons. The van der Waals surface area contributed by atoms with E-state index in [1.807, 2.05) is 13.0 Å². The summed E-state index contributed by atoms with van der Waals surface area (Å²) in [6, 6.07) is 5.42. The molecule has 1 aliphatic heterocycles. The molecule has 0 spiro atoms. The van der Waals surface area contributed by atoms with E-state index in [1.165, 1.54) is 10.5 Å². The van der Waals surface area contributed by atoms with Gasteiger partial charge in [-0.1, -0.05) is 13.0 Å². The van der Waals surface area contributed by atoms with Crippen LogP contribution >= 0.6 is 0 Å². The fourth-order valence-corrected chi connectivity index (χ4v) is 3.19. The van der Waals surface area contributed by atoms with Gasteiger partial charge in [0.15, 0.2) is 0 Å². The van der Waals surface area contributed by atoms with E-state index < -0.39 is 5.91 Å². The number of fused-ring (bicyclic) bond motifs is 1. The third kappa shape index (κ3) is 3.18. The van der Waals surface area contributed by atoms with Gasteiger partial charge in [0.05, 0.1) is 5.56 Å². The van der Waals surface area contributed by atoms with Crippen molar-refractivity contribution < 1.29 is 4.79 Å². The lowest BCUT2D eigenvalue weighted by atomic mass is 9.99. The van der Waals surface area contributed by atoms with Crippen molar-refractivity contribution >= 4 is 23.4 Å². The summed E-state index contributed by atoms with van der Waals surface area (Å²) in [6.45, 7) is 5.64. The second kappa shape index (κ2) is 7.00. The lowest BCUT2D eigenvalue weighted by Crippen LogP contribution is -2.36. The van der Waals surface area contributed by atoms with Gasteiger partial charge < -0.3 is 10.6 Å². The number of aromatic nitrogens is 2. The van der Waals surface area contributed by atoms with Crippen molar-refractivity contribution in [2.45, 2.75) is 26.7 Å². The van der Waals surface area contributed by atoms with Crippen molar-refractivity contribution in [3.8, 4) is 6.07 Å². The zero-order valence-electron chi connectivity index (χ0n) is 14.9. The van der Waals surface area contributed by atoms with Gasteiger partial charge in [-0.05, 0) is 43.4 Å². The van der Waals surface area contributed by atoms with Crippen LogP contribution < -0.4 is 16.2 Å². The fourth-order valence-electron chi connectivity index (χ4n) is 3.19. The quantitative estimate of drug-likeness (QED) is 0.668. The summed E-state index contributed by atoms with van der Waals surface area (Å²) < 4.78 is 1.44. The van der Waals surface area contributed by atoms with E-state index in [0.717, 1.165) is 31.5 Å². The first-order chi connectivity index (χ1) is 12.4. The smallest absolute Gasteiger partial charge is 0.267 e. The van der Waals surface area contributed by atoms with Crippen molar-refractivity contribution in [2.75, 3.05) is 18.0 Å². The average molecular weight is 351 g/mol. The highest BCUT2D eigenvalue weighted by Gasteiger charge is 2.23. The number of nitriles is 1. The number of anilines is 1. The number of amides is 1. The third-order valence-electron chi connectivity index (χ3n) is 4.82. The molecule has 1 fully saturated rings. The van der Waals surface area contributed by atoms with Crippen LogP contribution in [0.1, 0.15) is 30.9 Å². The van der Waals surface area contributed by atoms with Crippen LogP contribution in [0, 0.1) is 24.2 Å². The fraction of sp³-hybridized carbons (Fsp3) is 0.368. The predicted octanol–water partition coefficient (Wildman–Crippen LogP) is 1.63. The normalized spacial score (nSPS) is 15.9. The van der Waals surface area contributed by atoms with E-state index in [1.54, 1.807) is 18.3 Å². The lowest BCUT2D eigenvalue weighted by molar-refractivity contribution is -0.114. The Morgan fingerprint density at radius 2 is 2.12 bits per heavy atom. The van der Waals surface area contributed by atoms with Gasteiger partial charge in [0.1, 0.15) is 23.1 Å². The Bertz CT molecular complexity index is 991. The summed E-state index contributed by atoms with van der Waals surface area (Å²) in [6.07, 6.45) is 4.89. The maximum absolute atomic E-state index is 13.1. The Morgan fingerprint density at radius 1 is 1.42 bits per heavy atom. The molecule has 0 aliphatic carbocycles. The van der Waals surface area contributed by atoms with Gasteiger partial charge in [-0.15, -0.1) is 0 Å². The van der Waals surface area contributed by atoms with E-state index in [0.29, 0.717) is 17.4 Å². The minimum atomic E-state index is -0.862. The summed E-state index contributed by atoms with van der Waals surface area (Å²) >= 11 is 0. The third-order valence-corrected chi connectivity index (χ3v) is 4.82. The van der Waals surface area contributed by atoms with Crippen LogP contribution in [-0.4, -0.2) is 28.4 Å². The molecule has 0 saturated carbocycles. The number of nitrogens with two attached hydrogens (primary N) is 1. The van der Waals surface area contributed by atoms with Gasteiger partial charge in [0, 0.05) is 19.3 Å². The number of nitrogens with zero attached hydrogens (tertiary/aromatic N) is 4. The Labute approximate surface area is 151 Å². The number of carbonyl (C=O) groups excluding carboxylic acids is 1. The van der Waals surface area contributed by atoms with Gasteiger partial charge >= 0.3 is 0 Å². The Balaban J connectivity index is 2.28. The highest BCUT2D eigenvalue weighted by molar-refractivity contribution is 6.01. The van der Waals surface area contributed by atoms with Crippen molar-refractivity contribution in [3.05, 3.63) is 45.4 Å². The largest absolute Gasteiger partial charge is 0.365 e. The maximum Gasteiger partial charge on any atom is 0.267 e. The number of hydrogen-bond donors (Lipinski definition) is 1. The molecule has 1 saturated heterocycles. The molecule has 7 nitrogen and oxygen atoms in total. The summed E-state index contributed by atoms with van der Waals surface area (Å²) in [4.78, 5) is 31.3. The Morgan fingerprint density at radius 3 is 2.73 bits per heavy atom. The van der Waals surface area contributed by atoms with Crippen LogP contribution in [0.25, 0.3) is 11.7 Å². The van der Waals surface area contributed by atoms with E-state index >= 15 is 0 Å². The summed E-state index contributed by atoms with van der Waals surface area (Å²) in [5.74, 6) is 0.262. The molecule has 1 aliphatic rings. The predicted molar refractivity (Wildman–Crippen MR) is 99.6 cm³/mol. The molecule has 7 heteroatoms. The van der Waals surface area contributed by atoms with E-state index in [-0.39, 0.29) is 16.7 Å². The second-order valence-corrected chi connectivity index (χ2v) is 6.74. The number of rotatable bonds is 3. The van der Waals surface area contributed by atoms with Crippen molar-refractivity contribution in [3.63, 3.8) is 0 Å². The lowest BCUT2D eigenvalue weighted by Gasteiger charge is -2.32. The molecule has 0 aromatic carbocycles. The number of piperidine rings is 1. The first kappa shape index (κ1) is 17.7. The monoisotopic (exact) mass is 351 g/mol. The van der Waals surface area contributed by atoms with Crippen molar-refractivity contribution in [2.24, 2.45) is 11.7 Å². The Hall–Kier alpha value is -3.14. The van der Waals surface area contributed by atoms with Crippen LogP contribution in [0.3, 0.4) is 0 Å². The molecular formula is C19H21N5O2. The number of primary amides is 1. The van der Waals surface area contributed by atoms with Gasteiger partial charge in [-0.25, -0.2) is 4.98 Å². The number of hydrogen-bond acceptors (Lipinski definition) is 5. The molecular weight excluding hydrogens is 330 g/mol. The number of aryl methyl sites for hydroxylation is 1. The molecule has 0 atom stereocenters. The molecule has 2 aromatic heterocycles. The molecule has 26 heavy (non-hydrogen) atoms. The summed E-state index contributed by atoms with van der Waals surface area (Å²) in [5.41, 5.74) is 6.34. The standard InChI is InChI=1S/C19H21N5O2/c1-12-5-8-23(9-6-12)18-15(10-14(11-20)16(21)25)19(26)24-7-3-4-13(2)17(24)22-18/h3-4,7,10,12H,5-6,8-9H2,1-2H3,(H2,21,25). The molecule has 2 aromatic rings. The molecule has 0 unspecified atom stereocenters.